The van der Waals surface area contributed by atoms with Crippen LogP contribution in [0.15, 0.2) is 23.2 Å². The van der Waals surface area contributed by atoms with E-state index < -0.39 is 6.09 Å². The summed E-state index contributed by atoms with van der Waals surface area (Å²) in [5, 5.41) is 2.34. The van der Waals surface area contributed by atoms with E-state index in [0.717, 1.165) is 22.9 Å². The molecule has 0 atom stereocenters. The number of guanidine groups is 1. The molecule has 0 saturated heterocycles. The van der Waals surface area contributed by atoms with E-state index in [9.17, 15) is 4.79 Å². The van der Waals surface area contributed by atoms with Crippen molar-refractivity contribution in [3.05, 3.63) is 29.6 Å². The topological polar surface area (TPSA) is 89.6 Å². The number of aromatic nitrogens is 1. The smallest absolute Gasteiger partial charge is 0.413 e. The molecule has 0 aliphatic heterocycles. The van der Waals surface area contributed by atoms with Crippen LogP contribution in [0.4, 0.5) is 4.79 Å². The van der Waals surface area contributed by atoms with E-state index in [2.05, 4.69) is 20.0 Å². The summed E-state index contributed by atoms with van der Waals surface area (Å²) >= 11 is 1.72. The van der Waals surface area contributed by atoms with Crippen LogP contribution in [0.25, 0.3) is 0 Å². The highest BCUT2D eigenvalue weighted by molar-refractivity contribution is 7.98. The second-order valence-corrected chi connectivity index (χ2v) is 5.04. The number of nitrogens with zero attached hydrogens (tertiary/aromatic N) is 2. The Morgan fingerprint density at radius 3 is 3.05 bits per heavy atom. The van der Waals surface area contributed by atoms with Gasteiger partial charge < -0.3 is 10.5 Å². The molecule has 0 spiro atoms. The number of amides is 1. The molecule has 3 N–H and O–H groups in total. The zero-order valence-electron chi connectivity index (χ0n) is 11.8. The van der Waals surface area contributed by atoms with Gasteiger partial charge in [0.1, 0.15) is 0 Å². The normalized spacial score (nSPS) is 11.2. The molecule has 1 heterocycles. The van der Waals surface area contributed by atoms with Gasteiger partial charge >= 0.3 is 6.09 Å². The Labute approximate surface area is 123 Å². The molecule has 0 radical (unpaired) electrons. The predicted molar refractivity (Wildman–Crippen MR) is 81.8 cm³/mol. The molecular formula is C13H20N4O2S. The fourth-order valence-electron chi connectivity index (χ4n) is 1.40. The van der Waals surface area contributed by atoms with Crippen molar-refractivity contribution in [2.24, 2.45) is 10.7 Å². The van der Waals surface area contributed by atoms with E-state index in [1.807, 2.05) is 25.1 Å². The van der Waals surface area contributed by atoms with E-state index in [1.54, 1.807) is 18.7 Å². The van der Waals surface area contributed by atoms with Crippen molar-refractivity contribution in [1.82, 2.24) is 10.3 Å². The lowest BCUT2D eigenvalue weighted by molar-refractivity contribution is 0.157. The minimum absolute atomic E-state index is 0.0812. The van der Waals surface area contributed by atoms with Crippen LogP contribution in [0.1, 0.15) is 18.3 Å². The first-order valence-corrected chi connectivity index (χ1v) is 7.51. The third-order valence-electron chi connectivity index (χ3n) is 2.22. The van der Waals surface area contributed by atoms with Gasteiger partial charge in [0.05, 0.1) is 18.8 Å². The lowest BCUT2D eigenvalue weighted by Crippen LogP contribution is -2.37. The number of thioether (sulfide) groups is 1. The summed E-state index contributed by atoms with van der Waals surface area (Å²) in [4.78, 5) is 19.5. The number of carbonyl (C=O) groups excluding carboxylic acids is 1. The number of aryl methyl sites for hydroxylation is 1. The van der Waals surface area contributed by atoms with E-state index in [-0.39, 0.29) is 5.96 Å². The molecule has 1 amide bonds. The quantitative estimate of drug-likeness (QED) is 0.473. The van der Waals surface area contributed by atoms with Crippen LogP contribution in [0.5, 0.6) is 0 Å². The predicted octanol–water partition coefficient (Wildman–Crippen LogP) is 1.68. The number of aliphatic imine (C=N–C) groups is 1. The van der Waals surface area contributed by atoms with Crippen molar-refractivity contribution in [3.8, 4) is 0 Å². The monoisotopic (exact) mass is 296 g/mol. The third kappa shape index (κ3) is 6.98. The number of nitrogens with two attached hydrogens (primary N) is 1. The SMILES string of the molecule is CCOC(=O)NC(N)=NCCSCc1cccc(C)n1. The Morgan fingerprint density at radius 1 is 1.55 bits per heavy atom. The first-order valence-electron chi connectivity index (χ1n) is 6.35. The molecule has 1 rings (SSSR count). The Balaban J connectivity index is 2.19. The van der Waals surface area contributed by atoms with Crippen LogP contribution in [0, 0.1) is 6.92 Å². The maximum absolute atomic E-state index is 11.1. The molecule has 0 aliphatic carbocycles. The highest BCUT2D eigenvalue weighted by Crippen LogP contribution is 2.10. The Morgan fingerprint density at radius 2 is 2.35 bits per heavy atom. The molecule has 0 aromatic carbocycles. The summed E-state index contributed by atoms with van der Waals surface area (Å²) in [7, 11) is 0. The molecule has 0 saturated carbocycles. The van der Waals surface area contributed by atoms with Gasteiger partial charge in [-0.25, -0.2) is 4.79 Å². The third-order valence-corrected chi connectivity index (χ3v) is 3.19. The Kier molecular flexibility index (Phi) is 7.49. The number of pyridine rings is 1. The van der Waals surface area contributed by atoms with Crippen LogP contribution < -0.4 is 11.1 Å². The van der Waals surface area contributed by atoms with E-state index in [0.29, 0.717) is 13.2 Å². The van der Waals surface area contributed by atoms with Crippen LogP contribution in [-0.2, 0) is 10.5 Å². The lowest BCUT2D eigenvalue weighted by Gasteiger charge is -2.04. The van der Waals surface area contributed by atoms with Crippen molar-refractivity contribution in [3.63, 3.8) is 0 Å². The number of hydrogen-bond acceptors (Lipinski definition) is 5. The van der Waals surface area contributed by atoms with Crippen molar-refractivity contribution >= 4 is 23.8 Å². The largest absolute Gasteiger partial charge is 0.450 e. The summed E-state index contributed by atoms with van der Waals surface area (Å²) in [6.45, 7) is 4.54. The fraction of sp³-hybridized carbons (Fsp3) is 0.462. The van der Waals surface area contributed by atoms with Crippen LogP contribution >= 0.6 is 11.8 Å². The van der Waals surface area contributed by atoms with E-state index in [1.165, 1.54) is 0 Å². The number of nitrogens with one attached hydrogen (secondary N) is 1. The van der Waals surface area contributed by atoms with E-state index >= 15 is 0 Å². The highest BCUT2D eigenvalue weighted by Gasteiger charge is 2.01. The zero-order chi connectivity index (χ0) is 14.8. The summed E-state index contributed by atoms with van der Waals surface area (Å²) in [5.41, 5.74) is 7.60. The molecule has 7 heteroatoms. The standard InChI is InChI=1S/C13H20N4O2S/c1-3-19-13(18)17-12(14)15-7-8-20-9-11-6-4-5-10(2)16-11/h4-6H,3,7-9H2,1-2H3,(H3,14,15,17,18). The zero-order valence-corrected chi connectivity index (χ0v) is 12.6. The number of hydrogen-bond donors (Lipinski definition) is 2. The van der Waals surface area contributed by atoms with Gasteiger partial charge in [-0.3, -0.25) is 15.3 Å². The van der Waals surface area contributed by atoms with Crippen molar-refractivity contribution in [2.45, 2.75) is 19.6 Å². The van der Waals surface area contributed by atoms with Gasteiger partial charge in [-0.1, -0.05) is 6.07 Å². The maximum Gasteiger partial charge on any atom is 0.413 e. The van der Waals surface area contributed by atoms with Gasteiger partial charge in [-0.05, 0) is 26.0 Å². The second kappa shape index (κ2) is 9.19. The van der Waals surface area contributed by atoms with Gasteiger partial charge in [-0.2, -0.15) is 11.8 Å². The molecule has 6 nitrogen and oxygen atoms in total. The van der Waals surface area contributed by atoms with Gasteiger partial charge in [0, 0.05) is 17.2 Å². The molecule has 0 fully saturated rings. The van der Waals surface area contributed by atoms with Crippen molar-refractivity contribution in [2.75, 3.05) is 18.9 Å². The van der Waals surface area contributed by atoms with Crippen LogP contribution in [0.3, 0.4) is 0 Å². The summed E-state index contributed by atoms with van der Waals surface area (Å²) < 4.78 is 4.68. The van der Waals surface area contributed by atoms with Gasteiger partial charge in [0.2, 0.25) is 0 Å². The number of ether oxygens (including phenoxy) is 1. The Bertz CT molecular complexity index is 465. The summed E-state index contributed by atoms with van der Waals surface area (Å²) in [6, 6.07) is 5.97. The number of rotatable bonds is 6. The highest BCUT2D eigenvalue weighted by atomic mass is 32.2. The fourth-order valence-corrected chi connectivity index (χ4v) is 2.13. The minimum atomic E-state index is -0.578. The summed E-state index contributed by atoms with van der Waals surface area (Å²) in [5.74, 6) is 1.72. The number of alkyl carbamates (subject to hydrolysis) is 1. The average Bonchev–Trinajstić information content (AvgIpc) is 2.38. The van der Waals surface area contributed by atoms with Gasteiger partial charge in [-0.15, -0.1) is 0 Å². The van der Waals surface area contributed by atoms with Gasteiger partial charge in [0.25, 0.3) is 0 Å². The average molecular weight is 296 g/mol. The Hall–Kier alpha value is -1.76. The van der Waals surface area contributed by atoms with Crippen molar-refractivity contribution in [1.29, 1.82) is 0 Å². The molecule has 1 aromatic rings. The lowest BCUT2D eigenvalue weighted by atomic mass is 10.3. The van der Waals surface area contributed by atoms with Crippen LogP contribution in [0.2, 0.25) is 0 Å². The first kappa shape index (κ1) is 16.3. The second-order valence-electron chi connectivity index (χ2n) is 3.94. The maximum atomic E-state index is 11.1. The molecule has 0 aliphatic rings. The summed E-state index contributed by atoms with van der Waals surface area (Å²) in [6.07, 6.45) is -0.578. The van der Waals surface area contributed by atoms with Crippen LogP contribution in [-0.4, -0.2) is 35.9 Å². The number of carbonyl (C=O) groups is 1. The molecule has 110 valence electrons. The molecule has 1 aromatic heterocycles. The van der Waals surface area contributed by atoms with Crippen molar-refractivity contribution < 1.29 is 9.53 Å². The molecule has 0 unspecified atom stereocenters. The molecule has 20 heavy (non-hydrogen) atoms. The van der Waals surface area contributed by atoms with Gasteiger partial charge in [0.15, 0.2) is 5.96 Å². The minimum Gasteiger partial charge on any atom is -0.450 e. The molecular weight excluding hydrogens is 276 g/mol. The molecule has 0 bridgehead atoms. The van der Waals surface area contributed by atoms with E-state index in [4.69, 9.17) is 5.73 Å². The first-order chi connectivity index (χ1) is 9.61.